The minimum Gasteiger partial charge on any atom is -0.478 e. The van der Waals surface area contributed by atoms with Crippen LogP contribution in [0.15, 0.2) is 46.9 Å². The smallest absolute Gasteiger partial charge is 0.336 e. The van der Waals surface area contributed by atoms with Crippen LogP contribution in [0.25, 0.3) is 0 Å². The third-order valence-corrected chi connectivity index (χ3v) is 3.51. The van der Waals surface area contributed by atoms with E-state index in [4.69, 9.17) is 16.7 Å². The van der Waals surface area contributed by atoms with Gasteiger partial charge in [-0.3, -0.25) is 4.79 Å². The van der Waals surface area contributed by atoms with E-state index in [2.05, 4.69) is 21.2 Å². The SMILES string of the molecule is O=C(O)c1ccccc1C(=O)Nc1cc(Cl)ccc1Br. The average Bonchev–Trinajstić information content (AvgIpc) is 2.42. The van der Waals surface area contributed by atoms with Crippen molar-refractivity contribution in [2.45, 2.75) is 0 Å². The quantitative estimate of drug-likeness (QED) is 0.874. The normalized spacial score (nSPS) is 10.1. The molecular formula is C14H9BrClNO3. The first-order valence-corrected chi connectivity index (χ1v) is 6.75. The van der Waals surface area contributed by atoms with E-state index in [0.717, 1.165) is 0 Å². The molecule has 0 saturated carbocycles. The third-order valence-electron chi connectivity index (χ3n) is 2.58. The predicted octanol–water partition coefficient (Wildman–Crippen LogP) is 4.05. The van der Waals surface area contributed by atoms with E-state index in [0.29, 0.717) is 15.2 Å². The zero-order valence-electron chi connectivity index (χ0n) is 10.1. The van der Waals surface area contributed by atoms with Crippen LogP contribution < -0.4 is 5.32 Å². The van der Waals surface area contributed by atoms with Crippen molar-refractivity contribution in [1.82, 2.24) is 0 Å². The largest absolute Gasteiger partial charge is 0.478 e. The summed E-state index contributed by atoms with van der Waals surface area (Å²) in [6.45, 7) is 0. The van der Waals surface area contributed by atoms with E-state index < -0.39 is 11.9 Å². The van der Waals surface area contributed by atoms with E-state index in [1.54, 1.807) is 30.3 Å². The van der Waals surface area contributed by atoms with Gasteiger partial charge in [-0.05, 0) is 46.3 Å². The number of halogens is 2. The highest BCUT2D eigenvalue weighted by Gasteiger charge is 2.16. The van der Waals surface area contributed by atoms with Gasteiger partial charge >= 0.3 is 5.97 Å². The number of aromatic carboxylic acids is 1. The summed E-state index contributed by atoms with van der Waals surface area (Å²) in [6, 6.07) is 11.0. The first-order valence-electron chi connectivity index (χ1n) is 5.58. The summed E-state index contributed by atoms with van der Waals surface area (Å²) in [5.41, 5.74) is 0.512. The van der Waals surface area contributed by atoms with E-state index in [1.165, 1.54) is 12.1 Å². The maximum absolute atomic E-state index is 12.2. The topological polar surface area (TPSA) is 66.4 Å². The molecule has 4 nitrogen and oxygen atoms in total. The molecule has 0 saturated heterocycles. The third kappa shape index (κ3) is 3.18. The second-order valence-corrected chi connectivity index (χ2v) is 5.22. The molecule has 0 spiro atoms. The molecule has 0 bridgehead atoms. The number of benzene rings is 2. The van der Waals surface area contributed by atoms with Crippen molar-refractivity contribution < 1.29 is 14.7 Å². The lowest BCUT2D eigenvalue weighted by Crippen LogP contribution is -2.16. The molecule has 0 aliphatic carbocycles. The molecule has 0 radical (unpaired) electrons. The zero-order valence-corrected chi connectivity index (χ0v) is 12.4. The Labute approximate surface area is 128 Å². The van der Waals surface area contributed by atoms with Gasteiger partial charge < -0.3 is 10.4 Å². The van der Waals surface area contributed by atoms with Gasteiger partial charge in [0.25, 0.3) is 5.91 Å². The number of amides is 1. The maximum Gasteiger partial charge on any atom is 0.336 e. The van der Waals surface area contributed by atoms with Crippen LogP contribution in [0.2, 0.25) is 5.02 Å². The molecule has 0 aliphatic rings. The first-order chi connectivity index (χ1) is 9.49. The number of rotatable bonds is 3. The summed E-state index contributed by atoms with van der Waals surface area (Å²) in [5.74, 6) is -1.66. The van der Waals surface area contributed by atoms with Crippen molar-refractivity contribution in [3.05, 3.63) is 63.1 Å². The Morgan fingerprint density at radius 3 is 2.40 bits per heavy atom. The number of nitrogens with one attached hydrogen (secondary N) is 1. The van der Waals surface area contributed by atoms with Crippen molar-refractivity contribution in [3.63, 3.8) is 0 Å². The van der Waals surface area contributed by atoms with E-state index in [1.807, 2.05) is 0 Å². The van der Waals surface area contributed by atoms with E-state index >= 15 is 0 Å². The molecule has 0 unspecified atom stereocenters. The predicted molar refractivity (Wildman–Crippen MR) is 80.5 cm³/mol. The van der Waals surface area contributed by atoms with Gasteiger partial charge in [-0.1, -0.05) is 23.7 Å². The molecule has 2 rings (SSSR count). The molecule has 0 aromatic heterocycles. The lowest BCUT2D eigenvalue weighted by Gasteiger charge is -2.09. The molecule has 2 N–H and O–H groups in total. The van der Waals surface area contributed by atoms with Crippen molar-refractivity contribution in [1.29, 1.82) is 0 Å². The number of carbonyl (C=O) groups is 2. The number of hydrogen-bond acceptors (Lipinski definition) is 2. The highest BCUT2D eigenvalue weighted by atomic mass is 79.9. The molecule has 0 aliphatic heterocycles. The van der Waals surface area contributed by atoms with Crippen LogP contribution in [0.5, 0.6) is 0 Å². The molecule has 2 aromatic rings. The second kappa shape index (κ2) is 6.07. The Balaban J connectivity index is 2.33. The number of anilines is 1. The molecule has 102 valence electrons. The second-order valence-electron chi connectivity index (χ2n) is 3.93. The van der Waals surface area contributed by atoms with Crippen molar-refractivity contribution in [3.8, 4) is 0 Å². The summed E-state index contributed by atoms with van der Waals surface area (Å²) < 4.78 is 0.656. The van der Waals surface area contributed by atoms with Gasteiger partial charge in [0.2, 0.25) is 0 Å². The summed E-state index contributed by atoms with van der Waals surface area (Å²) in [4.78, 5) is 23.3. The molecule has 6 heteroatoms. The van der Waals surface area contributed by atoms with Gasteiger partial charge in [-0.25, -0.2) is 4.79 Å². The highest BCUT2D eigenvalue weighted by molar-refractivity contribution is 9.10. The Bertz CT molecular complexity index is 688. The van der Waals surface area contributed by atoms with Gasteiger partial charge in [0.05, 0.1) is 16.8 Å². The monoisotopic (exact) mass is 353 g/mol. The molecule has 20 heavy (non-hydrogen) atoms. The van der Waals surface area contributed by atoms with Crippen LogP contribution in [0.1, 0.15) is 20.7 Å². The standard InChI is InChI=1S/C14H9BrClNO3/c15-11-6-5-8(16)7-12(11)17-13(18)9-3-1-2-4-10(9)14(19)20/h1-7H,(H,17,18)(H,19,20). The van der Waals surface area contributed by atoms with Gasteiger partial charge in [0.1, 0.15) is 0 Å². The summed E-state index contributed by atoms with van der Waals surface area (Å²) in [6.07, 6.45) is 0. The summed E-state index contributed by atoms with van der Waals surface area (Å²) in [5, 5.41) is 12.2. The molecule has 0 atom stereocenters. The fourth-order valence-electron chi connectivity index (χ4n) is 1.65. The Morgan fingerprint density at radius 1 is 1.10 bits per heavy atom. The molecule has 0 fully saturated rings. The van der Waals surface area contributed by atoms with E-state index in [9.17, 15) is 9.59 Å². The minimum absolute atomic E-state index is 0.0526. The molecule has 0 heterocycles. The molecular weight excluding hydrogens is 346 g/mol. The highest BCUT2D eigenvalue weighted by Crippen LogP contribution is 2.26. The van der Waals surface area contributed by atoms with Crippen LogP contribution in [-0.4, -0.2) is 17.0 Å². The van der Waals surface area contributed by atoms with Crippen LogP contribution in [0, 0.1) is 0 Å². The first kappa shape index (κ1) is 14.6. The van der Waals surface area contributed by atoms with Crippen LogP contribution in [0.3, 0.4) is 0 Å². The number of hydrogen-bond donors (Lipinski definition) is 2. The van der Waals surface area contributed by atoms with Crippen LogP contribution in [-0.2, 0) is 0 Å². The number of carbonyl (C=O) groups excluding carboxylic acids is 1. The number of carboxylic acid groups (broad SMARTS) is 1. The summed E-state index contributed by atoms with van der Waals surface area (Å²) >= 11 is 9.15. The van der Waals surface area contributed by atoms with Crippen molar-refractivity contribution in [2.24, 2.45) is 0 Å². The van der Waals surface area contributed by atoms with Crippen molar-refractivity contribution in [2.75, 3.05) is 5.32 Å². The van der Waals surface area contributed by atoms with Gasteiger partial charge in [0.15, 0.2) is 0 Å². The Morgan fingerprint density at radius 2 is 1.75 bits per heavy atom. The lowest BCUT2D eigenvalue weighted by molar-refractivity contribution is 0.0692. The zero-order chi connectivity index (χ0) is 14.7. The fraction of sp³-hybridized carbons (Fsp3) is 0. The van der Waals surface area contributed by atoms with Gasteiger partial charge in [-0.15, -0.1) is 0 Å². The Hall–Kier alpha value is -1.85. The van der Waals surface area contributed by atoms with Crippen LogP contribution >= 0.6 is 27.5 Å². The minimum atomic E-state index is -1.15. The van der Waals surface area contributed by atoms with Gasteiger partial charge in [-0.2, -0.15) is 0 Å². The van der Waals surface area contributed by atoms with E-state index in [-0.39, 0.29) is 11.1 Å². The summed E-state index contributed by atoms with van der Waals surface area (Å²) in [7, 11) is 0. The Kier molecular flexibility index (Phi) is 4.42. The number of carboxylic acids is 1. The lowest BCUT2D eigenvalue weighted by atomic mass is 10.1. The fourth-order valence-corrected chi connectivity index (χ4v) is 2.17. The van der Waals surface area contributed by atoms with Gasteiger partial charge in [0, 0.05) is 9.50 Å². The maximum atomic E-state index is 12.2. The molecule has 1 amide bonds. The average molecular weight is 355 g/mol. The van der Waals surface area contributed by atoms with Crippen LogP contribution in [0.4, 0.5) is 5.69 Å². The van der Waals surface area contributed by atoms with Crippen molar-refractivity contribution >= 4 is 45.1 Å². The molecule has 2 aromatic carbocycles.